The Morgan fingerprint density at radius 3 is 2.21 bits per heavy atom. The van der Waals surface area contributed by atoms with Gasteiger partial charge in [0.15, 0.2) is 28.2 Å². The van der Waals surface area contributed by atoms with Gasteiger partial charge in [-0.1, -0.05) is 45.0 Å². The molecule has 0 spiro atoms. The number of halogens is 5. The van der Waals surface area contributed by atoms with Crippen molar-refractivity contribution < 1.29 is 39.9 Å². The number of fused-ring (bicyclic) bond motifs is 1. The minimum Gasteiger partial charge on any atom is -0.359 e. The summed E-state index contributed by atoms with van der Waals surface area (Å²) in [5.74, 6) is -12.9. The van der Waals surface area contributed by atoms with E-state index < -0.39 is 76.1 Å². The van der Waals surface area contributed by atoms with E-state index in [2.05, 4.69) is 29.7 Å². The van der Waals surface area contributed by atoms with Crippen LogP contribution >= 0.6 is 0 Å². The van der Waals surface area contributed by atoms with Gasteiger partial charge in [0.05, 0.1) is 23.8 Å². The molecule has 2 aromatic carbocycles. The molecule has 1 saturated heterocycles. The first kappa shape index (κ1) is 38.7. The molecule has 6 rings (SSSR count). The van der Waals surface area contributed by atoms with Gasteiger partial charge in [-0.15, -0.1) is 0 Å². The molecule has 0 N–H and O–H groups in total. The highest BCUT2D eigenvalue weighted by molar-refractivity contribution is 7.89. The Kier molecular flexibility index (Phi) is 11.2. The molecule has 1 aliphatic heterocycles. The molecule has 0 radical (unpaired) electrons. The van der Waals surface area contributed by atoms with Gasteiger partial charge in [0, 0.05) is 38.5 Å². The number of carbonyl (C=O) groups is 1. The highest BCUT2D eigenvalue weighted by Gasteiger charge is 2.48. The molecule has 2 aromatic heterocycles. The predicted molar refractivity (Wildman–Crippen MR) is 190 cm³/mol. The summed E-state index contributed by atoms with van der Waals surface area (Å²) < 4.78 is 105. The standard InChI is InChI=1S/C36H40F5N5O5SSi/c1-53(2,3)16-15-51-21-45-35(47)27-12-11-26(17-24(27)19-43-45)44(20-25-10-9-23(18-42-25)22-7-5-4-6-8-22)36(48)28-13-14-46(28)52(49,50)34-32(40)30(38)29(37)31(39)33(34)41/h9-12,17-19,22,28H,4-8,13-16,20-21H2,1-3H3. The number of hydrogen-bond donors (Lipinski definition) is 0. The first-order valence-electron chi connectivity index (χ1n) is 17.5. The number of aromatic nitrogens is 3. The van der Waals surface area contributed by atoms with Crippen LogP contribution < -0.4 is 10.5 Å². The second kappa shape index (κ2) is 15.4. The molecular formula is C36H40F5N5O5SSi. The quantitative estimate of drug-likeness (QED) is 0.0509. The zero-order chi connectivity index (χ0) is 38.2. The lowest BCUT2D eigenvalue weighted by Crippen LogP contribution is -2.59. The van der Waals surface area contributed by atoms with Crippen molar-refractivity contribution in [2.45, 2.75) is 94.3 Å². The van der Waals surface area contributed by atoms with E-state index in [1.165, 1.54) is 40.4 Å². The van der Waals surface area contributed by atoms with Gasteiger partial charge in [0.1, 0.15) is 12.8 Å². The van der Waals surface area contributed by atoms with Gasteiger partial charge < -0.3 is 9.64 Å². The number of pyridine rings is 1. The van der Waals surface area contributed by atoms with E-state index in [-0.39, 0.29) is 30.8 Å². The normalized spacial score (nSPS) is 17.2. The molecule has 10 nitrogen and oxygen atoms in total. The van der Waals surface area contributed by atoms with Crippen LogP contribution in [0.2, 0.25) is 25.7 Å². The number of benzene rings is 2. The molecule has 1 atom stereocenters. The number of amides is 1. The molecule has 0 bridgehead atoms. The lowest BCUT2D eigenvalue weighted by Gasteiger charge is -2.41. The summed E-state index contributed by atoms with van der Waals surface area (Å²) in [6, 6.07) is 7.57. The Balaban J connectivity index is 1.32. The Bertz CT molecular complexity index is 2170. The summed E-state index contributed by atoms with van der Waals surface area (Å²) >= 11 is 0. The van der Waals surface area contributed by atoms with Crippen molar-refractivity contribution in [3.05, 3.63) is 93.4 Å². The van der Waals surface area contributed by atoms with Crippen molar-refractivity contribution in [2.75, 3.05) is 18.1 Å². The molecule has 2 aliphatic rings. The monoisotopic (exact) mass is 777 g/mol. The fraction of sp³-hybridized carbons (Fsp3) is 0.444. The van der Waals surface area contributed by atoms with Crippen LogP contribution in [0.1, 0.15) is 55.7 Å². The van der Waals surface area contributed by atoms with Gasteiger partial charge in [-0.2, -0.15) is 9.40 Å². The highest BCUT2D eigenvalue weighted by Crippen LogP contribution is 2.36. The highest BCUT2D eigenvalue weighted by atomic mass is 32.2. The van der Waals surface area contributed by atoms with E-state index in [0.29, 0.717) is 27.9 Å². The van der Waals surface area contributed by atoms with Gasteiger partial charge in [-0.05, 0) is 61.1 Å². The third-order valence-corrected chi connectivity index (χ3v) is 13.5. The lowest BCUT2D eigenvalue weighted by molar-refractivity contribution is -0.125. The maximum atomic E-state index is 14.7. The van der Waals surface area contributed by atoms with Crippen LogP contribution in [0.25, 0.3) is 10.8 Å². The summed E-state index contributed by atoms with van der Waals surface area (Å²) in [7, 11) is -6.73. The average molecular weight is 778 g/mol. The summed E-state index contributed by atoms with van der Waals surface area (Å²) in [6.07, 6.45) is 8.58. The molecular weight excluding hydrogens is 738 g/mol. The van der Waals surface area contributed by atoms with Crippen LogP contribution in [0.3, 0.4) is 0 Å². The van der Waals surface area contributed by atoms with E-state index in [4.69, 9.17) is 4.74 Å². The molecule has 1 unspecified atom stereocenters. The summed E-state index contributed by atoms with van der Waals surface area (Å²) in [6.45, 7) is 6.47. The number of nitrogens with zero attached hydrogens (tertiary/aromatic N) is 5. The first-order valence-corrected chi connectivity index (χ1v) is 22.6. The van der Waals surface area contributed by atoms with Crippen LogP contribution in [0.5, 0.6) is 0 Å². The lowest BCUT2D eigenvalue weighted by atomic mass is 9.85. The van der Waals surface area contributed by atoms with Gasteiger partial charge in [0.25, 0.3) is 5.56 Å². The fourth-order valence-electron chi connectivity index (χ4n) is 6.64. The molecule has 4 aromatic rings. The zero-order valence-electron chi connectivity index (χ0n) is 29.5. The van der Waals surface area contributed by atoms with Crippen LogP contribution in [-0.4, -0.2) is 60.7 Å². The van der Waals surface area contributed by atoms with E-state index in [1.807, 2.05) is 6.07 Å². The van der Waals surface area contributed by atoms with Crippen LogP contribution in [-0.2, 0) is 32.8 Å². The van der Waals surface area contributed by atoms with Gasteiger partial charge >= 0.3 is 0 Å². The Morgan fingerprint density at radius 2 is 1.60 bits per heavy atom. The predicted octanol–water partition coefficient (Wildman–Crippen LogP) is 6.84. The third kappa shape index (κ3) is 7.93. The maximum absolute atomic E-state index is 14.7. The van der Waals surface area contributed by atoms with Crippen LogP contribution in [0.15, 0.2) is 52.4 Å². The Labute approximate surface area is 304 Å². The second-order valence-corrected chi connectivity index (χ2v) is 22.2. The van der Waals surface area contributed by atoms with Crippen molar-refractivity contribution in [1.82, 2.24) is 19.1 Å². The van der Waals surface area contributed by atoms with E-state index in [9.17, 15) is 40.0 Å². The Morgan fingerprint density at radius 1 is 0.925 bits per heavy atom. The van der Waals surface area contributed by atoms with Crippen molar-refractivity contribution in [3.63, 3.8) is 0 Å². The topological polar surface area (TPSA) is 115 Å². The summed E-state index contributed by atoms with van der Waals surface area (Å²) in [5, 5.41) is 4.87. The van der Waals surface area contributed by atoms with Gasteiger partial charge in [0.2, 0.25) is 21.7 Å². The summed E-state index contributed by atoms with van der Waals surface area (Å²) in [5.41, 5.74) is 1.30. The van der Waals surface area contributed by atoms with Crippen LogP contribution in [0, 0.1) is 29.1 Å². The SMILES string of the molecule is C[Si](C)(C)CCOCn1ncc2cc(N(Cc3ccc(C4CCCCC4)cn3)C(=O)C3CCN3S(=O)(=O)c3c(F)c(F)c(F)c(F)c3F)ccc2c1=O. The number of ether oxygens (including phenoxy) is 1. The third-order valence-electron chi connectivity index (χ3n) is 9.86. The molecule has 284 valence electrons. The number of carbonyl (C=O) groups excluding carboxylic acids is 1. The molecule has 53 heavy (non-hydrogen) atoms. The number of sulfonamides is 1. The number of anilines is 1. The van der Waals surface area contributed by atoms with Gasteiger partial charge in [-0.3, -0.25) is 14.6 Å². The number of hydrogen-bond acceptors (Lipinski definition) is 7. The largest absolute Gasteiger partial charge is 0.359 e. The molecule has 1 saturated carbocycles. The molecule has 3 heterocycles. The minimum absolute atomic E-state index is 0.0524. The van der Waals surface area contributed by atoms with Crippen molar-refractivity contribution in [1.29, 1.82) is 0 Å². The zero-order valence-corrected chi connectivity index (χ0v) is 31.4. The minimum atomic E-state index is -5.38. The number of rotatable bonds is 12. The van der Waals surface area contributed by atoms with E-state index in [0.717, 1.165) is 37.3 Å². The average Bonchev–Trinajstić information content (AvgIpc) is 3.10. The molecule has 17 heteroatoms. The fourth-order valence-corrected chi connectivity index (χ4v) is 9.14. The molecule has 2 fully saturated rings. The Hall–Kier alpha value is -4.06. The van der Waals surface area contributed by atoms with Crippen molar-refractivity contribution in [2.24, 2.45) is 0 Å². The maximum Gasteiger partial charge on any atom is 0.276 e. The second-order valence-electron chi connectivity index (χ2n) is 14.7. The van der Waals surface area contributed by atoms with E-state index >= 15 is 0 Å². The summed E-state index contributed by atoms with van der Waals surface area (Å²) in [4.78, 5) is 31.3. The van der Waals surface area contributed by atoms with Gasteiger partial charge in [-0.25, -0.2) is 35.1 Å². The van der Waals surface area contributed by atoms with Crippen LogP contribution in [0.4, 0.5) is 27.6 Å². The van der Waals surface area contributed by atoms with E-state index in [1.54, 1.807) is 12.3 Å². The molecule has 1 aliphatic carbocycles. The first-order chi connectivity index (χ1) is 25.1. The van der Waals surface area contributed by atoms with Crippen molar-refractivity contribution in [3.8, 4) is 0 Å². The van der Waals surface area contributed by atoms with Crippen molar-refractivity contribution >= 4 is 40.5 Å². The molecule has 1 amide bonds. The smallest absolute Gasteiger partial charge is 0.276 e.